The Balaban J connectivity index is 1.64. The van der Waals surface area contributed by atoms with Gasteiger partial charge in [0.2, 0.25) is 0 Å². The number of fused-ring (bicyclic) bond motifs is 1. The number of methoxy groups -OCH3 is 1. The number of amides is 1. The maximum atomic E-state index is 13.0. The van der Waals surface area contributed by atoms with E-state index in [2.05, 4.69) is 5.32 Å². The molecule has 1 aromatic heterocycles. The zero-order valence-electron chi connectivity index (χ0n) is 19.0. The molecule has 1 heterocycles. The molecule has 0 aliphatic carbocycles. The molecule has 4 aromatic rings. The third-order valence-corrected chi connectivity index (χ3v) is 5.42. The first kappa shape index (κ1) is 22.8. The minimum Gasteiger partial charge on any atom is -0.495 e. The zero-order chi connectivity index (χ0) is 24.2. The number of ether oxygens (including phenoxy) is 2. The minimum atomic E-state index is -1.11. The van der Waals surface area contributed by atoms with Gasteiger partial charge in [-0.15, -0.1) is 0 Å². The highest BCUT2D eigenvalue weighted by atomic mass is 16.5. The van der Waals surface area contributed by atoms with E-state index in [1.165, 1.54) is 20.1 Å². The van der Waals surface area contributed by atoms with E-state index in [1.54, 1.807) is 43.3 Å². The SMILES string of the molecule is COc1ccccc1NC(=O)[C@@H](C)OC(=O)c1cccc2c(=O)c(C)c(-c3ccccc3)oc12. The summed E-state index contributed by atoms with van der Waals surface area (Å²) in [7, 11) is 1.49. The van der Waals surface area contributed by atoms with Crippen LogP contribution in [0.5, 0.6) is 5.75 Å². The second-order valence-electron chi connectivity index (χ2n) is 7.67. The molecule has 0 spiro atoms. The second kappa shape index (κ2) is 9.62. The lowest BCUT2D eigenvalue weighted by molar-refractivity contribution is -0.123. The van der Waals surface area contributed by atoms with Crippen LogP contribution in [0.1, 0.15) is 22.8 Å². The number of hydrogen-bond donors (Lipinski definition) is 1. The number of hydrogen-bond acceptors (Lipinski definition) is 6. The Morgan fingerprint density at radius 2 is 1.65 bits per heavy atom. The molecule has 0 saturated carbocycles. The van der Waals surface area contributed by atoms with Gasteiger partial charge in [0.15, 0.2) is 17.1 Å². The second-order valence-corrected chi connectivity index (χ2v) is 7.67. The van der Waals surface area contributed by atoms with Gasteiger partial charge in [-0.1, -0.05) is 48.5 Å². The Labute approximate surface area is 195 Å². The normalized spacial score (nSPS) is 11.6. The Bertz CT molecular complexity index is 1420. The van der Waals surface area contributed by atoms with Crippen molar-refractivity contribution in [1.29, 1.82) is 0 Å². The van der Waals surface area contributed by atoms with Crippen molar-refractivity contribution in [3.05, 3.63) is 94.1 Å². The predicted molar refractivity (Wildman–Crippen MR) is 129 cm³/mol. The first-order valence-corrected chi connectivity index (χ1v) is 10.7. The number of nitrogens with one attached hydrogen (secondary N) is 1. The standard InChI is InChI=1S/C27H23NO6/c1-16-23(29)19-12-9-13-20(25(19)34-24(16)18-10-5-4-6-11-18)27(31)33-17(2)26(30)28-21-14-7-8-15-22(21)32-3/h4-15,17H,1-3H3,(H,28,30)/t17-/m1/s1. The fourth-order valence-electron chi connectivity index (χ4n) is 3.60. The highest BCUT2D eigenvalue weighted by Gasteiger charge is 2.24. The maximum absolute atomic E-state index is 13.0. The molecule has 3 aromatic carbocycles. The molecule has 1 atom stereocenters. The number of esters is 1. The van der Waals surface area contributed by atoms with Crippen molar-refractivity contribution in [2.75, 3.05) is 12.4 Å². The van der Waals surface area contributed by atoms with Gasteiger partial charge in [0.05, 0.1) is 18.2 Å². The molecule has 0 unspecified atom stereocenters. The predicted octanol–water partition coefficient (Wildman–Crippen LogP) is 4.96. The van der Waals surface area contributed by atoms with E-state index in [9.17, 15) is 14.4 Å². The van der Waals surface area contributed by atoms with Gasteiger partial charge in [-0.25, -0.2) is 4.79 Å². The summed E-state index contributed by atoms with van der Waals surface area (Å²) in [6.45, 7) is 3.15. The molecule has 0 bridgehead atoms. The van der Waals surface area contributed by atoms with Gasteiger partial charge in [0.1, 0.15) is 17.1 Å². The van der Waals surface area contributed by atoms with Crippen LogP contribution in [0.2, 0.25) is 0 Å². The smallest absolute Gasteiger partial charge is 0.342 e. The molecule has 0 aliphatic heterocycles. The lowest BCUT2D eigenvalue weighted by Crippen LogP contribution is -2.30. The summed E-state index contributed by atoms with van der Waals surface area (Å²) >= 11 is 0. The Hall–Kier alpha value is -4.39. The van der Waals surface area contributed by atoms with Crippen LogP contribution in [0.4, 0.5) is 5.69 Å². The summed E-state index contributed by atoms with van der Waals surface area (Å²) in [4.78, 5) is 38.6. The molecule has 7 nitrogen and oxygen atoms in total. The Morgan fingerprint density at radius 1 is 0.941 bits per heavy atom. The molecule has 1 N–H and O–H groups in total. The summed E-state index contributed by atoms with van der Waals surface area (Å²) in [6, 6.07) is 20.8. The van der Waals surface area contributed by atoms with Gasteiger partial charge in [-0.05, 0) is 38.1 Å². The first-order chi connectivity index (χ1) is 16.4. The molecular formula is C27H23NO6. The largest absolute Gasteiger partial charge is 0.495 e. The lowest BCUT2D eigenvalue weighted by Gasteiger charge is -2.16. The van der Waals surface area contributed by atoms with Crippen LogP contribution in [0.25, 0.3) is 22.3 Å². The summed E-state index contributed by atoms with van der Waals surface area (Å²) < 4.78 is 16.7. The third kappa shape index (κ3) is 4.41. The van der Waals surface area contributed by atoms with E-state index in [4.69, 9.17) is 13.9 Å². The fourth-order valence-corrected chi connectivity index (χ4v) is 3.60. The number of anilines is 1. The monoisotopic (exact) mass is 457 g/mol. The number of rotatable bonds is 6. The molecule has 172 valence electrons. The summed E-state index contributed by atoms with van der Waals surface area (Å²) in [5.41, 5.74) is 1.54. The van der Waals surface area contributed by atoms with Crippen molar-refractivity contribution in [2.45, 2.75) is 20.0 Å². The van der Waals surface area contributed by atoms with Gasteiger partial charge in [-0.3, -0.25) is 9.59 Å². The van der Waals surface area contributed by atoms with Crippen LogP contribution < -0.4 is 15.5 Å². The van der Waals surface area contributed by atoms with E-state index >= 15 is 0 Å². The molecule has 34 heavy (non-hydrogen) atoms. The van der Waals surface area contributed by atoms with Crippen LogP contribution >= 0.6 is 0 Å². The zero-order valence-corrected chi connectivity index (χ0v) is 19.0. The summed E-state index contributed by atoms with van der Waals surface area (Å²) in [6.07, 6.45) is -1.11. The molecule has 0 radical (unpaired) electrons. The van der Waals surface area contributed by atoms with Gasteiger partial charge in [0.25, 0.3) is 5.91 Å². The summed E-state index contributed by atoms with van der Waals surface area (Å²) in [5.74, 6) is -0.450. The first-order valence-electron chi connectivity index (χ1n) is 10.7. The lowest BCUT2D eigenvalue weighted by atomic mass is 10.0. The van der Waals surface area contributed by atoms with Crippen molar-refractivity contribution in [2.24, 2.45) is 0 Å². The van der Waals surface area contributed by atoms with Crippen LogP contribution in [-0.2, 0) is 9.53 Å². The van der Waals surface area contributed by atoms with E-state index in [0.717, 1.165) is 0 Å². The van der Waals surface area contributed by atoms with E-state index in [0.29, 0.717) is 28.3 Å². The minimum absolute atomic E-state index is 0.0590. The average molecular weight is 457 g/mol. The highest BCUT2D eigenvalue weighted by molar-refractivity contribution is 6.04. The van der Waals surface area contributed by atoms with Gasteiger partial charge >= 0.3 is 5.97 Å². The van der Waals surface area contributed by atoms with Crippen LogP contribution in [-0.4, -0.2) is 25.1 Å². The van der Waals surface area contributed by atoms with Crippen molar-refractivity contribution < 1.29 is 23.5 Å². The third-order valence-electron chi connectivity index (χ3n) is 5.42. The van der Waals surface area contributed by atoms with Gasteiger partial charge < -0.3 is 19.2 Å². The molecule has 0 aliphatic rings. The van der Waals surface area contributed by atoms with Gasteiger partial charge in [-0.2, -0.15) is 0 Å². The highest BCUT2D eigenvalue weighted by Crippen LogP contribution is 2.28. The fraction of sp³-hybridized carbons (Fsp3) is 0.148. The maximum Gasteiger partial charge on any atom is 0.342 e. The molecular weight excluding hydrogens is 434 g/mol. The molecule has 1 amide bonds. The van der Waals surface area contributed by atoms with Crippen molar-refractivity contribution in [3.8, 4) is 17.1 Å². The molecule has 4 rings (SSSR count). The topological polar surface area (TPSA) is 94.8 Å². The summed E-state index contributed by atoms with van der Waals surface area (Å²) in [5, 5.41) is 2.95. The number of carbonyl (C=O) groups is 2. The number of para-hydroxylation sites is 3. The van der Waals surface area contributed by atoms with E-state index in [-0.39, 0.29) is 22.0 Å². The Kier molecular flexibility index (Phi) is 6.45. The molecule has 7 heteroatoms. The number of carbonyl (C=O) groups excluding carboxylic acids is 2. The van der Waals surface area contributed by atoms with Gasteiger partial charge in [0, 0.05) is 11.1 Å². The molecule has 0 saturated heterocycles. The van der Waals surface area contributed by atoms with Crippen molar-refractivity contribution >= 4 is 28.5 Å². The van der Waals surface area contributed by atoms with E-state index in [1.807, 2.05) is 30.3 Å². The van der Waals surface area contributed by atoms with Crippen molar-refractivity contribution in [1.82, 2.24) is 0 Å². The average Bonchev–Trinajstić information content (AvgIpc) is 2.86. The Morgan fingerprint density at radius 3 is 2.38 bits per heavy atom. The van der Waals surface area contributed by atoms with Crippen molar-refractivity contribution in [3.63, 3.8) is 0 Å². The number of benzene rings is 3. The van der Waals surface area contributed by atoms with Crippen LogP contribution in [0, 0.1) is 6.92 Å². The van der Waals surface area contributed by atoms with E-state index < -0.39 is 18.0 Å². The molecule has 0 fully saturated rings. The quantitative estimate of drug-likeness (QED) is 0.411. The van der Waals surface area contributed by atoms with Crippen LogP contribution in [0.3, 0.4) is 0 Å². The van der Waals surface area contributed by atoms with Crippen LogP contribution in [0.15, 0.2) is 82.0 Å².